The fourth-order valence-electron chi connectivity index (χ4n) is 2.73. The van der Waals surface area contributed by atoms with E-state index in [-0.39, 0.29) is 24.0 Å². The van der Waals surface area contributed by atoms with Crippen LogP contribution >= 0.6 is 24.0 Å². The molecular weight excluding hydrogens is 459 g/mol. The number of nitrogens with one attached hydrogen (secondary N) is 2. The predicted octanol–water partition coefficient (Wildman–Crippen LogP) is 2.02. The molecule has 0 atom stereocenters. The SMILES string of the molecule is CCOCCC1(CNC(=NCc2nnc(C)n2C)NCCCOC)CC1.I. The molecule has 9 heteroatoms. The maximum Gasteiger partial charge on any atom is 0.191 e. The van der Waals surface area contributed by atoms with Gasteiger partial charge in [-0.05, 0) is 44.9 Å². The van der Waals surface area contributed by atoms with Gasteiger partial charge in [0.15, 0.2) is 11.8 Å². The van der Waals surface area contributed by atoms with Crippen molar-refractivity contribution in [3.05, 3.63) is 11.6 Å². The van der Waals surface area contributed by atoms with Gasteiger partial charge in [0, 0.05) is 47.1 Å². The van der Waals surface area contributed by atoms with Gasteiger partial charge in [0.2, 0.25) is 0 Å². The van der Waals surface area contributed by atoms with Crippen molar-refractivity contribution in [2.24, 2.45) is 17.5 Å². The van der Waals surface area contributed by atoms with Crippen molar-refractivity contribution in [1.29, 1.82) is 0 Å². The molecule has 27 heavy (non-hydrogen) atoms. The van der Waals surface area contributed by atoms with Crippen molar-refractivity contribution >= 4 is 29.9 Å². The molecule has 1 saturated carbocycles. The summed E-state index contributed by atoms with van der Waals surface area (Å²) in [7, 11) is 3.69. The Hall–Kier alpha value is -0.940. The third-order valence-electron chi connectivity index (χ3n) is 4.95. The Bertz CT molecular complexity index is 574. The molecule has 2 rings (SSSR count). The van der Waals surface area contributed by atoms with E-state index in [1.54, 1.807) is 7.11 Å². The van der Waals surface area contributed by atoms with Gasteiger partial charge >= 0.3 is 0 Å². The molecule has 8 nitrogen and oxygen atoms in total. The van der Waals surface area contributed by atoms with E-state index < -0.39 is 0 Å². The van der Waals surface area contributed by atoms with E-state index in [0.717, 1.165) is 63.4 Å². The van der Waals surface area contributed by atoms with Gasteiger partial charge in [-0.1, -0.05) is 0 Å². The van der Waals surface area contributed by atoms with E-state index >= 15 is 0 Å². The maximum absolute atomic E-state index is 5.52. The topological polar surface area (TPSA) is 85.6 Å². The molecule has 1 aromatic heterocycles. The molecule has 0 aromatic carbocycles. The second-order valence-electron chi connectivity index (χ2n) is 6.96. The molecule has 1 aliphatic rings. The second kappa shape index (κ2) is 12.5. The number of hydrogen-bond acceptors (Lipinski definition) is 5. The minimum Gasteiger partial charge on any atom is -0.385 e. The first kappa shape index (κ1) is 24.1. The molecule has 0 unspecified atom stereocenters. The Morgan fingerprint density at radius 3 is 2.63 bits per heavy atom. The first-order chi connectivity index (χ1) is 12.6. The first-order valence-corrected chi connectivity index (χ1v) is 9.54. The molecule has 0 saturated heterocycles. The quantitative estimate of drug-likeness (QED) is 0.200. The van der Waals surface area contributed by atoms with Gasteiger partial charge in [-0.15, -0.1) is 34.2 Å². The summed E-state index contributed by atoms with van der Waals surface area (Å²) in [6.45, 7) is 8.60. The zero-order chi connectivity index (χ0) is 18.8. The van der Waals surface area contributed by atoms with Gasteiger partial charge in [0.05, 0.1) is 0 Å². The molecule has 2 N–H and O–H groups in total. The van der Waals surface area contributed by atoms with Gasteiger partial charge in [-0.2, -0.15) is 0 Å². The molecule has 1 fully saturated rings. The fraction of sp³-hybridized carbons (Fsp3) is 0.833. The van der Waals surface area contributed by atoms with Crippen molar-refractivity contribution in [3.63, 3.8) is 0 Å². The largest absolute Gasteiger partial charge is 0.385 e. The summed E-state index contributed by atoms with van der Waals surface area (Å²) in [6, 6.07) is 0. The van der Waals surface area contributed by atoms with Crippen LogP contribution in [0.25, 0.3) is 0 Å². The highest BCUT2D eigenvalue weighted by atomic mass is 127. The minimum atomic E-state index is 0. The standard InChI is InChI=1S/C18H34N6O2.HI/c1-5-26-12-9-18(7-8-18)14-21-17(19-10-6-11-25-4)20-13-16-23-22-15(2)24(16)3;/h5-14H2,1-4H3,(H2,19,20,21);1H. The van der Waals surface area contributed by atoms with Crippen molar-refractivity contribution in [1.82, 2.24) is 25.4 Å². The second-order valence-corrected chi connectivity index (χ2v) is 6.96. The average molecular weight is 494 g/mol. The summed E-state index contributed by atoms with van der Waals surface area (Å²) in [5.74, 6) is 2.58. The number of aliphatic imine (C=N–C) groups is 1. The molecule has 1 heterocycles. The first-order valence-electron chi connectivity index (χ1n) is 9.54. The zero-order valence-corrected chi connectivity index (χ0v) is 19.4. The summed E-state index contributed by atoms with van der Waals surface area (Å²) in [4.78, 5) is 4.69. The third kappa shape index (κ3) is 8.30. The van der Waals surface area contributed by atoms with E-state index in [1.165, 1.54) is 12.8 Å². The monoisotopic (exact) mass is 494 g/mol. The van der Waals surface area contributed by atoms with Gasteiger partial charge < -0.3 is 24.7 Å². The molecule has 0 bridgehead atoms. The summed E-state index contributed by atoms with van der Waals surface area (Å²) >= 11 is 0. The van der Waals surface area contributed by atoms with Crippen molar-refractivity contribution in [2.75, 3.05) is 40.0 Å². The average Bonchev–Trinajstić information content (AvgIpc) is 3.34. The van der Waals surface area contributed by atoms with Crippen LogP contribution in [0.15, 0.2) is 4.99 Å². The lowest BCUT2D eigenvalue weighted by atomic mass is 10.0. The lowest BCUT2D eigenvalue weighted by Crippen LogP contribution is -2.41. The molecule has 0 amide bonds. The summed E-state index contributed by atoms with van der Waals surface area (Å²) in [5.41, 5.74) is 0.367. The minimum absolute atomic E-state index is 0. The third-order valence-corrected chi connectivity index (χ3v) is 4.95. The summed E-state index contributed by atoms with van der Waals surface area (Å²) in [6.07, 6.45) is 4.56. The van der Waals surface area contributed by atoms with Gasteiger partial charge in [0.1, 0.15) is 12.4 Å². The number of guanidine groups is 1. The maximum atomic E-state index is 5.52. The van der Waals surface area contributed by atoms with E-state index in [0.29, 0.717) is 12.0 Å². The number of methoxy groups -OCH3 is 1. The van der Waals surface area contributed by atoms with Gasteiger partial charge in [0.25, 0.3) is 0 Å². The molecule has 0 spiro atoms. The van der Waals surface area contributed by atoms with Crippen molar-refractivity contribution in [3.8, 4) is 0 Å². The molecule has 0 aliphatic heterocycles. The number of aryl methyl sites for hydroxylation is 1. The van der Waals surface area contributed by atoms with Crippen LogP contribution in [-0.2, 0) is 23.1 Å². The van der Waals surface area contributed by atoms with E-state index in [1.807, 2.05) is 25.5 Å². The van der Waals surface area contributed by atoms with E-state index in [2.05, 4.69) is 20.8 Å². The Morgan fingerprint density at radius 1 is 1.26 bits per heavy atom. The zero-order valence-electron chi connectivity index (χ0n) is 17.1. The summed E-state index contributed by atoms with van der Waals surface area (Å²) in [5, 5.41) is 15.2. The molecule has 1 aliphatic carbocycles. The highest BCUT2D eigenvalue weighted by molar-refractivity contribution is 14.0. The van der Waals surface area contributed by atoms with Crippen LogP contribution in [0.2, 0.25) is 0 Å². The Kier molecular flexibility index (Phi) is 11.2. The molecular formula is C18H35IN6O2. The summed E-state index contributed by atoms with van der Waals surface area (Å²) < 4.78 is 12.6. The predicted molar refractivity (Wildman–Crippen MR) is 118 cm³/mol. The smallest absolute Gasteiger partial charge is 0.191 e. The highest BCUT2D eigenvalue weighted by Gasteiger charge is 2.41. The van der Waals surface area contributed by atoms with E-state index in [4.69, 9.17) is 14.5 Å². The number of ether oxygens (including phenoxy) is 2. The fourth-order valence-corrected chi connectivity index (χ4v) is 2.73. The number of rotatable bonds is 12. The van der Waals surface area contributed by atoms with Crippen LogP contribution < -0.4 is 10.6 Å². The number of nitrogens with zero attached hydrogens (tertiary/aromatic N) is 4. The Labute approximate surface area is 179 Å². The van der Waals surface area contributed by atoms with Crippen LogP contribution in [0.5, 0.6) is 0 Å². The molecule has 1 aromatic rings. The number of halogens is 1. The molecule has 156 valence electrons. The van der Waals surface area contributed by atoms with Crippen molar-refractivity contribution < 1.29 is 9.47 Å². The van der Waals surface area contributed by atoms with Crippen LogP contribution in [0, 0.1) is 12.3 Å². The van der Waals surface area contributed by atoms with Gasteiger partial charge in [-0.3, -0.25) is 0 Å². The van der Waals surface area contributed by atoms with Crippen LogP contribution in [0.3, 0.4) is 0 Å². The van der Waals surface area contributed by atoms with Gasteiger partial charge in [-0.25, -0.2) is 4.99 Å². The Balaban J connectivity index is 0.00000364. The Morgan fingerprint density at radius 2 is 2.04 bits per heavy atom. The molecule has 0 radical (unpaired) electrons. The lowest BCUT2D eigenvalue weighted by molar-refractivity contribution is 0.128. The number of hydrogen-bond donors (Lipinski definition) is 2. The van der Waals surface area contributed by atoms with Crippen molar-refractivity contribution in [2.45, 2.75) is 46.1 Å². The van der Waals surface area contributed by atoms with Crippen LogP contribution in [-0.4, -0.2) is 60.7 Å². The lowest BCUT2D eigenvalue weighted by Gasteiger charge is -2.19. The van der Waals surface area contributed by atoms with E-state index in [9.17, 15) is 0 Å². The normalized spacial score (nSPS) is 15.3. The number of aromatic nitrogens is 3. The highest BCUT2D eigenvalue weighted by Crippen LogP contribution is 2.48. The van der Waals surface area contributed by atoms with Crippen LogP contribution in [0.1, 0.15) is 44.3 Å². The van der Waals surface area contributed by atoms with Crippen LogP contribution in [0.4, 0.5) is 0 Å².